The summed E-state index contributed by atoms with van der Waals surface area (Å²) in [6.45, 7) is 2.50. The molecule has 2 aromatic rings. The fraction of sp³-hybridized carbons (Fsp3) is 0.250. The van der Waals surface area contributed by atoms with Gasteiger partial charge in [-0.15, -0.1) is 0 Å². The molecule has 0 unspecified atom stereocenters. The zero-order chi connectivity index (χ0) is 16.4. The number of pyridine rings is 1. The molecule has 23 heavy (non-hydrogen) atoms. The first kappa shape index (κ1) is 15.9. The lowest BCUT2D eigenvalue weighted by Crippen LogP contribution is -2.49. The Morgan fingerprint density at radius 1 is 1.13 bits per heavy atom. The van der Waals surface area contributed by atoms with Crippen LogP contribution in [0.1, 0.15) is 10.4 Å². The van der Waals surface area contributed by atoms with Crippen molar-refractivity contribution < 1.29 is 4.79 Å². The first-order valence-corrected chi connectivity index (χ1v) is 8.01. The third kappa shape index (κ3) is 3.35. The minimum absolute atomic E-state index is 0.0436. The molecule has 0 atom stereocenters. The van der Waals surface area contributed by atoms with Crippen molar-refractivity contribution in [2.24, 2.45) is 0 Å². The number of piperazine rings is 1. The Morgan fingerprint density at radius 2 is 1.83 bits per heavy atom. The minimum atomic E-state index is -0.0436. The molecular weight excluding hydrogens is 335 g/mol. The predicted molar refractivity (Wildman–Crippen MR) is 93.2 cm³/mol. The molecule has 1 aromatic heterocycles. The Bertz CT molecular complexity index is 730. The van der Waals surface area contributed by atoms with Crippen molar-refractivity contribution in [2.75, 3.05) is 36.8 Å². The molecular formula is C16H16Cl2N4O. The van der Waals surface area contributed by atoms with Crippen LogP contribution in [0.5, 0.6) is 0 Å². The highest BCUT2D eigenvalue weighted by atomic mass is 35.5. The van der Waals surface area contributed by atoms with E-state index in [9.17, 15) is 4.79 Å². The van der Waals surface area contributed by atoms with Gasteiger partial charge in [-0.25, -0.2) is 4.98 Å². The molecule has 7 heteroatoms. The first-order chi connectivity index (χ1) is 11.1. The highest BCUT2D eigenvalue weighted by Gasteiger charge is 2.24. The summed E-state index contributed by atoms with van der Waals surface area (Å²) in [4.78, 5) is 20.7. The maximum atomic E-state index is 12.5. The zero-order valence-corrected chi connectivity index (χ0v) is 13.9. The fourth-order valence-corrected chi connectivity index (χ4v) is 3.12. The summed E-state index contributed by atoms with van der Waals surface area (Å²) in [6, 6.07) is 8.80. The quantitative estimate of drug-likeness (QED) is 0.845. The van der Waals surface area contributed by atoms with Crippen molar-refractivity contribution in [3.8, 4) is 0 Å². The number of hydrogen-bond acceptors (Lipinski definition) is 4. The monoisotopic (exact) mass is 350 g/mol. The van der Waals surface area contributed by atoms with Gasteiger partial charge in [0.1, 0.15) is 5.82 Å². The van der Waals surface area contributed by atoms with Crippen LogP contribution in [0.25, 0.3) is 0 Å². The first-order valence-electron chi connectivity index (χ1n) is 7.26. The number of nitrogens with zero attached hydrogens (tertiary/aromatic N) is 3. The van der Waals surface area contributed by atoms with Gasteiger partial charge in [-0.1, -0.05) is 35.3 Å². The van der Waals surface area contributed by atoms with Gasteiger partial charge in [-0.05, 0) is 18.2 Å². The fourth-order valence-electron chi connectivity index (χ4n) is 2.62. The zero-order valence-electron chi connectivity index (χ0n) is 12.4. The highest BCUT2D eigenvalue weighted by molar-refractivity contribution is 6.36. The maximum absolute atomic E-state index is 12.5. The molecule has 1 aliphatic rings. The van der Waals surface area contributed by atoms with E-state index in [1.807, 2.05) is 12.1 Å². The Kier molecular flexibility index (Phi) is 4.59. The smallest absolute Gasteiger partial charge is 0.256 e. The van der Waals surface area contributed by atoms with Gasteiger partial charge in [0.25, 0.3) is 5.91 Å². The average molecular weight is 351 g/mol. The normalized spacial score (nSPS) is 14.9. The van der Waals surface area contributed by atoms with Gasteiger partial charge in [-0.3, -0.25) is 4.79 Å². The topological polar surface area (TPSA) is 62.5 Å². The molecule has 1 saturated heterocycles. The van der Waals surface area contributed by atoms with Crippen molar-refractivity contribution in [1.82, 2.24) is 9.88 Å². The summed E-state index contributed by atoms with van der Waals surface area (Å²) in [5.41, 5.74) is 6.93. The number of nitrogens with two attached hydrogens (primary N) is 1. The van der Waals surface area contributed by atoms with E-state index in [1.165, 1.54) is 0 Å². The highest BCUT2D eigenvalue weighted by Crippen LogP contribution is 2.27. The van der Waals surface area contributed by atoms with Gasteiger partial charge in [0.15, 0.2) is 0 Å². The van der Waals surface area contributed by atoms with Gasteiger partial charge in [0.05, 0.1) is 15.6 Å². The molecule has 0 radical (unpaired) electrons. The van der Waals surface area contributed by atoms with Gasteiger partial charge in [0, 0.05) is 38.1 Å². The lowest BCUT2D eigenvalue weighted by Gasteiger charge is -2.36. The molecule has 120 valence electrons. The van der Waals surface area contributed by atoms with Crippen LogP contribution in [0.3, 0.4) is 0 Å². The summed E-state index contributed by atoms with van der Waals surface area (Å²) < 4.78 is 0. The molecule has 0 bridgehead atoms. The van der Waals surface area contributed by atoms with Gasteiger partial charge in [-0.2, -0.15) is 0 Å². The SMILES string of the molecule is Nc1ccccc1C(=O)N1CCN(c2ncc(Cl)cc2Cl)CC1. The number of carbonyl (C=O) groups is 1. The second kappa shape index (κ2) is 6.64. The van der Waals surface area contributed by atoms with Crippen molar-refractivity contribution in [3.05, 3.63) is 52.1 Å². The van der Waals surface area contributed by atoms with Crippen LogP contribution in [0, 0.1) is 0 Å². The van der Waals surface area contributed by atoms with Crippen LogP contribution < -0.4 is 10.6 Å². The Balaban J connectivity index is 1.69. The maximum Gasteiger partial charge on any atom is 0.256 e. The Hall–Kier alpha value is -1.98. The van der Waals surface area contributed by atoms with Crippen LogP contribution in [0.2, 0.25) is 10.0 Å². The molecule has 0 spiro atoms. The van der Waals surface area contributed by atoms with Crippen LogP contribution in [-0.2, 0) is 0 Å². The number of hydrogen-bond donors (Lipinski definition) is 1. The van der Waals surface area contributed by atoms with E-state index in [2.05, 4.69) is 9.88 Å². The van der Waals surface area contributed by atoms with Gasteiger partial charge in [0.2, 0.25) is 0 Å². The molecule has 5 nitrogen and oxygen atoms in total. The molecule has 1 amide bonds. The van der Waals surface area contributed by atoms with E-state index in [1.54, 1.807) is 29.3 Å². The summed E-state index contributed by atoms with van der Waals surface area (Å²) in [5.74, 6) is 0.653. The summed E-state index contributed by atoms with van der Waals surface area (Å²) in [6.07, 6.45) is 1.57. The second-order valence-corrected chi connectivity index (χ2v) is 6.17. The number of aromatic nitrogens is 1. The number of benzene rings is 1. The van der Waals surface area contributed by atoms with Crippen molar-refractivity contribution >= 4 is 40.6 Å². The van der Waals surface area contributed by atoms with Crippen molar-refractivity contribution in [3.63, 3.8) is 0 Å². The molecule has 0 aliphatic carbocycles. The number of anilines is 2. The average Bonchev–Trinajstić information content (AvgIpc) is 2.55. The Labute approximate surface area is 144 Å². The van der Waals surface area contributed by atoms with E-state index in [0.717, 1.165) is 0 Å². The largest absolute Gasteiger partial charge is 0.398 e. The molecule has 2 heterocycles. The van der Waals surface area contributed by atoms with Gasteiger partial charge >= 0.3 is 0 Å². The number of amides is 1. The molecule has 0 saturated carbocycles. The number of para-hydroxylation sites is 1. The minimum Gasteiger partial charge on any atom is -0.398 e. The Morgan fingerprint density at radius 3 is 2.48 bits per heavy atom. The molecule has 2 N–H and O–H groups in total. The number of rotatable bonds is 2. The second-order valence-electron chi connectivity index (χ2n) is 5.33. The molecule has 1 aromatic carbocycles. The predicted octanol–water partition coefficient (Wildman–Crippen LogP) is 2.93. The van der Waals surface area contributed by atoms with E-state index >= 15 is 0 Å². The standard InChI is InChI=1S/C16H16Cl2N4O/c17-11-9-13(18)15(20-10-11)21-5-7-22(8-6-21)16(23)12-3-1-2-4-14(12)19/h1-4,9-10H,5-8,19H2. The van der Waals surface area contributed by atoms with Gasteiger partial charge < -0.3 is 15.5 Å². The number of nitrogen functional groups attached to an aromatic ring is 1. The number of carbonyl (C=O) groups excluding carboxylic acids is 1. The van der Waals surface area contributed by atoms with E-state index < -0.39 is 0 Å². The third-order valence-corrected chi connectivity index (χ3v) is 4.33. The van der Waals surface area contributed by atoms with Crippen LogP contribution in [-0.4, -0.2) is 42.0 Å². The summed E-state index contributed by atoms with van der Waals surface area (Å²) in [7, 11) is 0. The molecule has 3 rings (SSSR count). The molecule has 1 fully saturated rings. The number of halogens is 2. The lowest BCUT2D eigenvalue weighted by molar-refractivity contribution is 0.0747. The van der Waals surface area contributed by atoms with Crippen LogP contribution >= 0.6 is 23.2 Å². The van der Waals surface area contributed by atoms with E-state index in [4.69, 9.17) is 28.9 Å². The molecule has 1 aliphatic heterocycles. The van der Waals surface area contributed by atoms with E-state index in [-0.39, 0.29) is 5.91 Å². The van der Waals surface area contributed by atoms with Crippen LogP contribution in [0.4, 0.5) is 11.5 Å². The van der Waals surface area contributed by atoms with Crippen molar-refractivity contribution in [1.29, 1.82) is 0 Å². The third-order valence-electron chi connectivity index (χ3n) is 3.85. The summed E-state index contributed by atoms with van der Waals surface area (Å²) >= 11 is 12.1. The van der Waals surface area contributed by atoms with Crippen molar-refractivity contribution in [2.45, 2.75) is 0 Å². The lowest BCUT2D eigenvalue weighted by atomic mass is 10.1. The summed E-state index contributed by atoms with van der Waals surface area (Å²) in [5, 5.41) is 1.02. The van der Waals surface area contributed by atoms with E-state index in [0.29, 0.717) is 53.3 Å². The van der Waals surface area contributed by atoms with Crippen LogP contribution in [0.15, 0.2) is 36.5 Å².